The molecule has 120 valence electrons. The van der Waals surface area contributed by atoms with E-state index in [1.165, 1.54) is 10.5 Å². The van der Waals surface area contributed by atoms with Gasteiger partial charge in [0.05, 0.1) is 5.69 Å². The second kappa shape index (κ2) is 7.09. The van der Waals surface area contributed by atoms with Gasteiger partial charge < -0.3 is 10.2 Å². The summed E-state index contributed by atoms with van der Waals surface area (Å²) in [7, 11) is 2.08. The molecule has 0 fully saturated rings. The summed E-state index contributed by atoms with van der Waals surface area (Å²) in [6.07, 6.45) is 0. The Morgan fingerprint density at radius 2 is 2.04 bits per heavy atom. The second-order valence-electron chi connectivity index (χ2n) is 5.97. The lowest BCUT2D eigenvalue weighted by molar-refractivity contribution is 0.0951. The van der Waals surface area contributed by atoms with Crippen molar-refractivity contribution < 1.29 is 4.79 Å². The Morgan fingerprint density at radius 1 is 1.26 bits per heavy atom. The van der Waals surface area contributed by atoms with Gasteiger partial charge in [0, 0.05) is 36.3 Å². The van der Waals surface area contributed by atoms with Gasteiger partial charge in [-0.05, 0) is 29.7 Å². The molecule has 1 aliphatic heterocycles. The number of nitrogens with zero attached hydrogens (tertiary/aromatic N) is 1. The van der Waals surface area contributed by atoms with Crippen LogP contribution >= 0.6 is 11.8 Å². The first-order chi connectivity index (χ1) is 11.1. The van der Waals surface area contributed by atoms with Gasteiger partial charge in [-0.1, -0.05) is 37.3 Å². The third-order valence-corrected chi connectivity index (χ3v) is 5.30. The van der Waals surface area contributed by atoms with Gasteiger partial charge in [-0.2, -0.15) is 0 Å². The van der Waals surface area contributed by atoms with Crippen molar-refractivity contribution >= 4 is 23.4 Å². The van der Waals surface area contributed by atoms with Crippen molar-refractivity contribution in [1.82, 2.24) is 5.32 Å². The Labute approximate surface area is 142 Å². The van der Waals surface area contributed by atoms with Crippen molar-refractivity contribution in [3.8, 4) is 0 Å². The number of fused-ring (bicyclic) bond motifs is 1. The number of hydrogen-bond donors (Lipinski definition) is 1. The highest BCUT2D eigenvalue weighted by atomic mass is 32.2. The van der Waals surface area contributed by atoms with E-state index in [-0.39, 0.29) is 5.91 Å². The molecule has 0 aromatic heterocycles. The molecule has 2 aromatic carbocycles. The summed E-state index contributed by atoms with van der Waals surface area (Å²) in [6, 6.07) is 16.3. The van der Waals surface area contributed by atoms with Crippen molar-refractivity contribution in [1.29, 1.82) is 0 Å². The van der Waals surface area contributed by atoms with Gasteiger partial charge in [-0.3, -0.25) is 4.79 Å². The zero-order valence-electron chi connectivity index (χ0n) is 13.6. The number of anilines is 1. The summed E-state index contributed by atoms with van der Waals surface area (Å²) in [6.45, 7) is 3.80. The molecule has 0 saturated heterocycles. The first-order valence-corrected chi connectivity index (χ1v) is 8.95. The van der Waals surface area contributed by atoms with Crippen LogP contribution in [0.1, 0.15) is 28.8 Å². The summed E-state index contributed by atoms with van der Waals surface area (Å²) in [5, 5.41) is 3.05. The minimum atomic E-state index is -0.000412. The third-order valence-electron chi connectivity index (χ3n) is 4.25. The lowest BCUT2D eigenvalue weighted by Crippen LogP contribution is -2.28. The van der Waals surface area contributed by atoms with Gasteiger partial charge in [0.15, 0.2) is 0 Å². The lowest BCUT2D eigenvalue weighted by Gasteiger charge is -2.27. The molecular formula is C19H22N2OS. The van der Waals surface area contributed by atoms with E-state index < -0.39 is 0 Å². The van der Waals surface area contributed by atoms with Crippen LogP contribution in [0.15, 0.2) is 53.4 Å². The summed E-state index contributed by atoms with van der Waals surface area (Å²) in [5.74, 6) is 1.40. The molecule has 1 aliphatic rings. The average molecular weight is 326 g/mol. The summed E-state index contributed by atoms with van der Waals surface area (Å²) >= 11 is 1.86. The van der Waals surface area contributed by atoms with E-state index in [2.05, 4.69) is 42.4 Å². The fourth-order valence-corrected chi connectivity index (χ4v) is 3.85. The average Bonchev–Trinajstić information content (AvgIpc) is 2.60. The quantitative estimate of drug-likeness (QED) is 0.928. The molecule has 0 bridgehead atoms. The van der Waals surface area contributed by atoms with Gasteiger partial charge in [0.2, 0.25) is 0 Å². The Hall–Kier alpha value is -1.94. The van der Waals surface area contributed by atoms with E-state index in [1.807, 2.05) is 42.1 Å². The van der Waals surface area contributed by atoms with Crippen LogP contribution in [-0.4, -0.2) is 31.8 Å². The highest BCUT2D eigenvalue weighted by Gasteiger charge is 2.17. The molecule has 1 N–H and O–H groups in total. The van der Waals surface area contributed by atoms with Crippen LogP contribution in [0.5, 0.6) is 0 Å². The van der Waals surface area contributed by atoms with Gasteiger partial charge in [0.1, 0.15) is 0 Å². The molecule has 1 heterocycles. The van der Waals surface area contributed by atoms with Crippen LogP contribution < -0.4 is 10.2 Å². The highest BCUT2D eigenvalue weighted by Crippen LogP contribution is 2.34. The standard InChI is InChI=1S/C19H22N2OS/c1-14(15-6-4-3-5-7-15)13-20-19(22)16-8-9-18-17(12-16)21(2)10-11-23-18/h3-9,12,14H,10-11,13H2,1-2H3,(H,20,22)/t14-/m0/s1. The normalized spacial score (nSPS) is 15.0. The van der Waals surface area contributed by atoms with Crippen molar-refractivity contribution in [3.05, 3.63) is 59.7 Å². The van der Waals surface area contributed by atoms with Crippen LogP contribution in [0.25, 0.3) is 0 Å². The van der Waals surface area contributed by atoms with Gasteiger partial charge in [0.25, 0.3) is 5.91 Å². The van der Waals surface area contributed by atoms with Gasteiger partial charge >= 0.3 is 0 Å². The third kappa shape index (κ3) is 3.70. The predicted molar refractivity (Wildman–Crippen MR) is 97.6 cm³/mol. The van der Waals surface area contributed by atoms with Gasteiger partial charge in [-0.15, -0.1) is 11.8 Å². The van der Waals surface area contributed by atoms with E-state index in [9.17, 15) is 4.79 Å². The van der Waals surface area contributed by atoms with Crippen LogP contribution in [0.3, 0.4) is 0 Å². The fourth-order valence-electron chi connectivity index (χ4n) is 2.74. The molecule has 2 aromatic rings. The number of hydrogen-bond acceptors (Lipinski definition) is 3. The van der Waals surface area contributed by atoms with E-state index in [4.69, 9.17) is 0 Å². The maximum absolute atomic E-state index is 12.4. The van der Waals surface area contributed by atoms with Crippen LogP contribution in [0.2, 0.25) is 0 Å². The molecule has 3 rings (SSSR count). The number of amides is 1. The summed E-state index contributed by atoms with van der Waals surface area (Å²) in [4.78, 5) is 15.9. The monoisotopic (exact) mass is 326 g/mol. The van der Waals surface area contributed by atoms with E-state index in [0.717, 1.165) is 23.5 Å². The SMILES string of the molecule is C[C@@H](CNC(=O)c1ccc2c(c1)N(C)CCS2)c1ccccc1. The van der Waals surface area contributed by atoms with Crippen LogP contribution in [0.4, 0.5) is 5.69 Å². The zero-order valence-corrected chi connectivity index (χ0v) is 14.4. The van der Waals surface area contributed by atoms with E-state index >= 15 is 0 Å². The van der Waals surface area contributed by atoms with Crippen molar-refractivity contribution in [2.75, 3.05) is 30.8 Å². The molecule has 3 nitrogen and oxygen atoms in total. The molecule has 1 atom stereocenters. The Balaban J connectivity index is 1.66. The Morgan fingerprint density at radius 3 is 2.83 bits per heavy atom. The minimum Gasteiger partial charge on any atom is -0.373 e. The number of carbonyl (C=O) groups excluding carboxylic acids is 1. The molecule has 0 saturated carbocycles. The van der Waals surface area contributed by atoms with Gasteiger partial charge in [-0.25, -0.2) is 0 Å². The molecule has 0 unspecified atom stereocenters. The molecular weight excluding hydrogens is 304 g/mol. The predicted octanol–water partition coefficient (Wildman–Crippen LogP) is 3.76. The number of carbonyl (C=O) groups is 1. The molecule has 0 aliphatic carbocycles. The topological polar surface area (TPSA) is 32.3 Å². The molecule has 1 amide bonds. The minimum absolute atomic E-state index is 0.000412. The number of thioether (sulfide) groups is 1. The second-order valence-corrected chi connectivity index (χ2v) is 7.11. The maximum atomic E-state index is 12.4. The molecule has 0 radical (unpaired) electrons. The van der Waals surface area contributed by atoms with Crippen LogP contribution in [0, 0.1) is 0 Å². The van der Waals surface area contributed by atoms with Crippen molar-refractivity contribution in [3.63, 3.8) is 0 Å². The lowest BCUT2D eigenvalue weighted by atomic mass is 10.0. The highest BCUT2D eigenvalue weighted by molar-refractivity contribution is 7.99. The first kappa shape index (κ1) is 15.9. The van der Waals surface area contributed by atoms with Crippen LogP contribution in [-0.2, 0) is 0 Å². The summed E-state index contributed by atoms with van der Waals surface area (Å²) < 4.78 is 0. The number of rotatable bonds is 4. The number of benzene rings is 2. The van der Waals surface area contributed by atoms with Crippen molar-refractivity contribution in [2.24, 2.45) is 0 Å². The Bertz CT molecular complexity index is 687. The fraction of sp³-hybridized carbons (Fsp3) is 0.316. The molecule has 0 spiro atoms. The smallest absolute Gasteiger partial charge is 0.251 e. The maximum Gasteiger partial charge on any atom is 0.251 e. The van der Waals surface area contributed by atoms with E-state index in [1.54, 1.807) is 0 Å². The molecule has 4 heteroatoms. The number of nitrogens with one attached hydrogen (secondary N) is 1. The van der Waals surface area contributed by atoms with E-state index in [0.29, 0.717) is 12.5 Å². The zero-order chi connectivity index (χ0) is 16.2. The first-order valence-electron chi connectivity index (χ1n) is 7.96. The summed E-state index contributed by atoms with van der Waals surface area (Å²) in [5.41, 5.74) is 3.14. The largest absolute Gasteiger partial charge is 0.373 e. The van der Waals surface area contributed by atoms with Crippen molar-refractivity contribution in [2.45, 2.75) is 17.7 Å². The Kier molecular flexibility index (Phi) is 4.91. The molecule has 23 heavy (non-hydrogen) atoms.